The lowest BCUT2D eigenvalue weighted by Crippen LogP contribution is -2.44. The number of carbonyl (C=O) groups is 2. The van der Waals surface area contributed by atoms with Gasteiger partial charge in [0.2, 0.25) is 5.88 Å². The van der Waals surface area contributed by atoms with Crippen LogP contribution in [0.4, 0.5) is 0 Å². The molecule has 0 aliphatic heterocycles. The molecule has 3 N–H and O–H groups in total. The van der Waals surface area contributed by atoms with Crippen LogP contribution in [0.5, 0.6) is 5.88 Å². The van der Waals surface area contributed by atoms with Crippen molar-refractivity contribution in [2.24, 2.45) is 0 Å². The number of aromatic nitrogens is 2. The fourth-order valence-corrected chi connectivity index (χ4v) is 3.77. The lowest BCUT2D eigenvalue weighted by molar-refractivity contribution is -0.135. The molecule has 0 atom stereocenters. The standard InChI is InChI=1S/C23H19Cl2N3O6/c1-12(2)14-8-6-13(7-9-14)11-27-21(32)18(20(31)26-10-17(29)30)22(33)28(23(27)34)19-15(24)4-3-5-16(19)25/h3-9,33H,1,10-11H2,2H3,(H,26,31)(H,29,30). The molecule has 34 heavy (non-hydrogen) atoms. The predicted octanol–water partition coefficient (Wildman–Crippen LogP) is 2.91. The number of carboxylic acids is 1. The molecule has 0 saturated heterocycles. The van der Waals surface area contributed by atoms with Crippen LogP contribution >= 0.6 is 23.2 Å². The number of hydrogen-bond acceptors (Lipinski definition) is 5. The number of carbonyl (C=O) groups excluding carboxylic acids is 1. The average Bonchev–Trinajstić information content (AvgIpc) is 2.77. The molecule has 0 unspecified atom stereocenters. The van der Waals surface area contributed by atoms with Crippen molar-refractivity contribution in [3.8, 4) is 11.6 Å². The maximum absolute atomic E-state index is 13.3. The highest BCUT2D eigenvalue weighted by Gasteiger charge is 2.27. The van der Waals surface area contributed by atoms with E-state index in [1.54, 1.807) is 24.3 Å². The van der Waals surface area contributed by atoms with Crippen molar-refractivity contribution in [2.45, 2.75) is 13.5 Å². The minimum Gasteiger partial charge on any atom is -0.493 e. The van der Waals surface area contributed by atoms with E-state index in [9.17, 15) is 24.3 Å². The van der Waals surface area contributed by atoms with Gasteiger partial charge in [-0.3, -0.25) is 19.0 Å². The molecular weight excluding hydrogens is 485 g/mol. The fourth-order valence-electron chi connectivity index (χ4n) is 3.20. The Bertz CT molecular complexity index is 1400. The molecule has 0 saturated carbocycles. The van der Waals surface area contributed by atoms with Crippen LogP contribution in [0, 0.1) is 0 Å². The zero-order chi connectivity index (χ0) is 25.2. The van der Waals surface area contributed by atoms with E-state index in [0.29, 0.717) is 10.1 Å². The van der Waals surface area contributed by atoms with Crippen molar-refractivity contribution in [1.29, 1.82) is 0 Å². The van der Waals surface area contributed by atoms with Crippen LogP contribution in [0.1, 0.15) is 28.4 Å². The number of carboxylic acid groups (broad SMARTS) is 1. The number of allylic oxidation sites excluding steroid dienone is 1. The second-order valence-electron chi connectivity index (χ2n) is 7.33. The van der Waals surface area contributed by atoms with Gasteiger partial charge in [0, 0.05) is 0 Å². The monoisotopic (exact) mass is 503 g/mol. The smallest absolute Gasteiger partial charge is 0.338 e. The maximum Gasteiger partial charge on any atom is 0.338 e. The first-order valence-corrected chi connectivity index (χ1v) is 10.6. The fraction of sp³-hybridized carbons (Fsp3) is 0.130. The van der Waals surface area contributed by atoms with E-state index in [-0.39, 0.29) is 22.3 Å². The quantitative estimate of drug-likeness (QED) is 0.454. The first kappa shape index (κ1) is 24.8. The summed E-state index contributed by atoms with van der Waals surface area (Å²) in [5, 5.41) is 21.6. The summed E-state index contributed by atoms with van der Waals surface area (Å²) in [6.07, 6.45) is 0. The van der Waals surface area contributed by atoms with Gasteiger partial charge in [0.1, 0.15) is 6.54 Å². The number of rotatable bonds is 7. The molecule has 176 valence electrons. The highest BCUT2D eigenvalue weighted by molar-refractivity contribution is 6.37. The van der Waals surface area contributed by atoms with Crippen molar-refractivity contribution in [2.75, 3.05) is 6.54 Å². The van der Waals surface area contributed by atoms with Crippen molar-refractivity contribution in [3.05, 3.63) is 96.6 Å². The molecule has 3 aromatic rings. The zero-order valence-corrected chi connectivity index (χ0v) is 19.4. The van der Waals surface area contributed by atoms with Crippen LogP contribution in [0.15, 0.2) is 58.6 Å². The van der Waals surface area contributed by atoms with Gasteiger partial charge in [0.15, 0.2) is 5.56 Å². The van der Waals surface area contributed by atoms with E-state index in [1.165, 1.54) is 18.2 Å². The number of aromatic hydroxyl groups is 1. The van der Waals surface area contributed by atoms with Crippen molar-refractivity contribution >= 4 is 40.7 Å². The first-order valence-electron chi connectivity index (χ1n) is 9.81. The molecule has 0 aliphatic rings. The van der Waals surface area contributed by atoms with E-state index >= 15 is 0 Å². The number of halogens is 2. The number of nitrogens with one attached hydrogen (secondary N) is 1. The maximum atomic E-state index is 13.3. The lowest BCUT2D eigenvalue weighted by atomic mass is 10.1. The highest BCUT2D eigenvalue weighted by atomic mass is 35.5. The molecule has 0 bridgehead atoms. The molecule has 3 rings (SSSR count). The summed E-state index contributed by atoms with van der Waals surface area (Å²) in [6, 6.07) is 11.2. The number of aliphatic carboxylic acids is 1. The summed E-state index contributed by atoms with van der Waals surface area (Å²) in [5.74, 6) is -3.58. The first-order chi connectivity index (χ1) is 16.0. The molecule has 0 fully saturated rings. The largest absolute Gasteiger partial charge is 0.493 e. The van der Waals surface area contributed by atoms with Crippen LogP contribution in [0.2, 0.25) is 10.0 Å². The minimum atomic E-state index is -1.37. The van der Waals surface area contributed by atoms with Crippen LogP contribution in [-0.2, 0) is 11.3 Å². The normalized spacial score (nSPS) is 10.7. The Morgan fingerprint density at radius 1 is 1.06 bits per heavy atom. The number of hydrogen-bond donors (Lipinski definition) is 3. The molecule has 1 heterocycles. The van der Waals surface area contributed by atoms with Gasteiger partial charge in [-0.2, -0.15) is 0 Å². The summed E-state index contributed by atoms with van der Waals surface area (Å²) < 4.78 is 1.37. The van der Waals surface area contributed by atoms with Gasteiger partial charge in [-0.15, -0.1) is 0 Å². The molecule has 1 amide bonds. The molecule has 9 nitrogen and oxygen atoms in total. The van der Waals surface area contributed by atoms with Gasteiger partial charge in [0.25, 0.3) is 11.5 Å². The van der Waals surface area contributed by atoms with Gasteiger partial charge in [-0.1, -0.05) is 65.7 Å². The Kier molecular flexibility index (Phi) is 7.29. The number of para-hydroxylation sites is 1. The lowest BCUT2D eigenvalue weighted by Gasteiger charge is -2.17. The summed E-state index contributed by atoms with van der Waals surface area (Å²) in [5.41, 5.74) is -0.881. The predicted molar refractivity (Wildman–Crippen MR) is 128 cm³/mol. The third-order valence-electron chi connectivity index (χ3n) is 4.89. The third kappa shape index (κ3) is 4.90. The van der Waals surface area contributed by atoms with E-state index < -0.39 is 41.1 Å². The minimum absolute atomic E-state index is 0.0298. The third-order valence-corrected chi connectivity index (χ3v) is 5.50. The second kappa shape index (κ2) is 9.98. The Morgan fingerprint density at radius 3 is 2.18 bits per heavy atom. The Labute approximate surface area is 203 Å². The molecule has 0 aliphatic carbocycles. The molecular formula is C23H19Cl2N3O6. The Morgan fingerprint density at radius 2 is 1.65 bits per heavy atom. The number of nitrogens with zero attached hydrogens (tertiary/aromatic N) is 2. The zero-order valence-electron chi connectivity index (χ0n) is 17.8. The molecule has 0 spiro atoms. The van der Waals surface area contributed by atoms with Gasteiger partial charge in [0.05, 0.1) is 22.3 Å². The van der Waals surface area contributed by atoms with Crippen LogP contribution < -0.4 is 16.6 Å². The SMILES string of the molecule is C=C(C)c1ccc(Cn2c(=O)c(C(=O)NCC(=O)O)c(O)n(-c3c(Cl)cccc3Cl)c2=O)cc1. The van der Waals surface area contributed by atoms with Crippen molar-refractivity contribution in [3.63, 3.8) is 0 Å². The average molecular weight is 504 g/mol. The summed E-state index contributed by atoms with van der Waals surface area (Å²) >= 11 is 12.4. The van der Waals surface area contributed by atoms with E-state index in [0.717, 1.165) is 15.7 Å². The summed E-state index contributed by atoms with van der Waals surface area (Å²) in [6.45, 7) is 4.61. The molecule has 1 aromatic heterocycles. The second-order valence-corrected chi connectivity index (χ2v) is 8.15. The van der Waals surface area contributed by atoms with Crippen LogP contribution in [0.25, 0.3) is 11.3 Å². The van der Waals surface area contributed by atoms with Gasteiger partial charge in [-0.05, 0) is 30.2 Å². The summed E-state index contributed by atoms with van der Waals surface area (Å²) in [4.78, 5) is 50.0. The van der Waals surface area contributed by atoms with E-state index in [1.807, 2.05) is 12.2 Å². The highest BCUT2D eigenvalue weighted by Crippen LogP contribution is 2.30. The number of amides is 1. The number of benzene rings is 2. The van der Waals surface area contributed by atoms with E-state index in [4.69, 9.17) is 28.3 Å². The van der Waals surface area contributed by atoms with Crippen LogP contribution in [-0.4, -0.2) is 37.8 Å². The van der Waals surface area contributed by atoms with Crippen molar-refractivity contribution in [1.82, 2.24) is 14.5 Å². The van der Waals surface area contributed by atoms with E-state index in [2.05, 4.69) is 6.58 Å². The van der Waals surface area contributed by atoms with Gasteiger partial charge >= 0.3 is 11.7 Å². The van der Waals surface area contributed by atoms with Crippen molar-refractivity contribution < 1.29 is 19.8 Å². The molecule has 2 aromatic carbocycles. The molecule has 11 heteroatoms. The Balaban J connectivity index is 2.28. The molecule has 0 radical (unpaired) electrons. The van der Waals surface area contributed by atoms with Crippen LogP contribution in [0.3, 0.4) is 0 Å². The summed E-state index contributed by atoms with van der Waals surface area (Å²) in [7, 11) is 0. The van der Waals surface area contributed by atoms with Gasteiger partial charge < -0.3 is 15.5 Å². The topological polar surface area (TPSA) is 131 Å². The Hall–Kier alpha value is -3.82. The van der Waals surface area contributed by atoms with Gasteiger partial charge in [-0.25, -0.2) is 9.36 Å².